The van der Waals surface area contributed by atoms with Crippen molar-refractivity contribution < 1.29 is 24.8 Å². The minimum atomic E-state index is -1.20. The lowest BCUT2D eigenvalue weighted by molar-refractivity contribution is -0.310. The van der Waals surface area contributed by atoms with Crippen LogP contribution < -0.4 is 0 Å². The van der Waals surface area contributed by atoms with Gasteiger partial charge in [-0.15, -0.1) is 0 Å². The summed E-state index contributed by atoms with van der Waals surface area (Å²) < 4.78 is 11.6. The van der Waals surface area contributed by atoms with Crippen LogP contribution in [0.15, 0.2) is 0 Å². The molecule has 0 radical (unpaired) electrons. The van der Waals surface area contributed by atoms with Gasteiger partial charge in [0.1, 0.15) is 18.3 Å². The highest BCUT2D eigenvalue weighted by Crippen LogP contribution is 2.45. The van der Waals surface area contributed by atoms with Crippen molar-refractivity contribution in [2.75, 3.05) is 0 Å². The standard InChI is InChI=1S/C15H26O5/c1-8-12(16)13(17)14(18)15(19-8)20-11-5-3-2-4-10(11)9-6-7-9/h8-18H,2-7H2,1H3/t8-,10-,11-,12+,13+,14-,15+/m1/s1. The summed E-state index contributed by atoms with van der Waals surface area (Å²) in [6, 6.07) is 0. The monoisotopic (exact) mass is 286 g/mol. The smallest absolute Gasteiger partial charge is 0.186 e. The van der Waals surface area contributed by atoms with Crippen LogP contribution in [-0.4, -0.2) is 52.1 Å². The lowest BCUT2D eigenvalue weighted by Crippen LogP contribution is -2.58. The van der Waals surface area contributed by atoms with E-state index < -0.39 is 30.7 Å². The van der Waals surface area contributed by atoms with Crippen molar-refractivity contribution >= 4 is 0 Å². The fourth-order valence-corrected chi connectivity index (χ4v) is 3.66. The predicted octanol–water partition coefficient (Wildman–Crippen LogP) is 0.799. The van der Waals surface area contributed by atoms with Crippen molar-refractivity contribution in [1.82, 2.24) is 0 Å². The van der Waals surface area contributed by atoms with Crippen LogP contribution in [0.3, 0.4) is 0 Å². The van der Waals surface area contributed by atoms with Gasteiger partial charge < -0.3 is 24.8 Å². The second-order valence-electron chi connectivity index (χ2n) is 6.64. The lowest BCUT2D eigenvalue weighted by atomic mass is 9.83. The fraction of sp³-hybridized carbons (Fsp3) is 1.00. The van der Waals surface area contributed by atoms with E-state index >= 15 is 0 Å². The Kier molecular flexibility index (Phi) is 4.34. The molecule has 0 bridgehead atoms. The highest BCUT2D eigenvalue weighted by molar-refractivity contribution is 4.91. The summed E-state index contributed by atoms with van der Waals surface area (Å²) in [7, 11) is 0. The van der Waals surface area contributed by atoms with Gasteiger partial charge in [0.05, 0.1) is 12.2 Å². The maximum atomic E-state index is 10.0. The average molecular weight is 286 g/mol. The molecule has 3 rings (SSSR count). The van der Waals surface area contributed by atoms with Crippen LogP contribution in [0.25, 0.3) is 0 Å². The largest absolute Gasteiger partial charge is 0.388 e. The summed E-state index contributed by atoms with van der Waals surface area (Å²) in [4.78, 5) is 0. The molecule has 0 aromatic carbocycles. The first kappa shape index (κ1) is 14.7. The molecule has 3 aliphatic rings. The van der Waals surface area contributed by atoms with Gasteiger partial charge in [-0.1, -0.05) is 12.8 Å². The Hall–Kier alpha value is -0.200. The third-order valence-electron chi connectivity index (χ3n) is 5.10. The summed E-state index contributed by atoms with van der Waals surface area (Å²) in [5, 5.41) is 29.6. The molecule has 20 heavy (non-hydrogen) atoms. The van der Waals surface area contributed by atoms with Crippen LogP contribution in [-0.2, 0) is 9.47 Å². The fourth-order valence-electron chi connectivity index (χ4n) is 3.66. The van der Waals surface area contributed by atoms with Gasteiger partial charge in [0.2, 0.25) is 0 Å². The van der Waals surface area contributed by atoms with Gasteiger partial charge in [-0.05, 0) is 44.4 Å². The molecule has 0 amide bonds. The first-order valence-corrected chi connectivity index (χ1v) is 7.93. The molecule has 2 saturated carbocycles. The summed E-state index contributed by atoms with van der Waals surface area (Å²) in [5.41, 5.74) is 0. The van der Waals surface area contributed by atoms with E-state index in [2.05, 4.69) is 0 Å². The molecule has 5 heteroatoms. The molecule has 1 heterocycles. The molecule has 7 atom stereocenters. The quantitative estimate of drug-likeness (QED) is 0.715. The van der Waals surface area contributed by atoms with Crippen LogP contribution in [0, 0.1) is 11.8 Å². The van der Waals surface area contributed by atoms with Crippen LogP contribution in [0.2, 0.25) is 0 Å². The van der Waals surface area contributed by atoms with Gasteiger partial charge in [0, 0.05) is 0 Å². The molecule has 1 aliphatic heterocycles. The number of rotatable bonds is 3. The third kappa shape index (κ3) is 2.88. The van der Waals surface area contributed by atoms with E-state index in [1.54, 1.807) is 6.92 Å². The Balaban J connectivity index is 1.63. The lowest BCUT2D eigenvalue weighted by Gasteiger charge is -2.42. The highest BCUT2D eigenvalue weighted by atomic mass is 16.7. The summed E-state index contributed by atoms with van der Waals surface area (Å²) in [6.07, 6.45) is 2.50. The van der Waals surface area contributed by atoms with E-state index in [1.807, 2.05) is 0 Å². The Morgan fingerprint density at radius 2 is 1.60 bits per heavy atom. The van der Waals surface area contributed by atoms with Gasteiger partial charge in [-0.2, -0.15) is 0 Å². The van der Waals surface area contributed by atoms with E-state index in [9.17, 15) is 15.3 Å². The molecule has 0 unspecified atom stereocenters. The van der Waals surface area contributed by atoms with Crippen LogP contribution in [0.5, 0.6) is 0 Å². The zero-order valence-electron chi connectivity index (χ0n) is 12.0. The summed E-state index contributed by atoms with van der Waals surface area (Å²) in [5.74, 6) is 1.34. The number of hydrogen-bond acceptors (Lipinski definition) is 5. The number of aliphatic hydroxyl groups excluding tert-OH is 3. The van der Waals surface area contributed by atoms with E-state index in [1.165, 1.54) is 25.7 Å². The summed E-state index contributed by atoms with van der Waals surface area (Å²) >= 11 is 0. The van der Waals surface area contributed by atoms with Crippen LogP contribution in [0.1, 0.15) is 45.4 Å². The highest BCUT2D eigenvalue weighted by Gasteiger charge is 2.45. The topological polar surface area (TPSA) is 79.2 Å². The molecule has 3 N–H and O–H groups in total. The van der Waals surface area contributed by atoms with E-state index in [0.717, 1.165) is 18.8 Å². The SMILES string of the molecule is C[C@H]1O[C@@H](O[C@@H]2CCCC[C@@H]2C2CC2)[C@H](O)[C@@H](O)[C@H]1O. The van der Waals surface area contributed by atoms with E-state index in [0.29, 0.717) is 5.92 Å². The van der Waals surface area contributed by atoms with Crippen LogP contribution in [0.4, 0.5) is 0 Å². The predicted molar refractivity (Wildman–Crippen MR) is 71.9 cm³/mol. The molecular weight excluding hydrogens is 260 g/mol. The molecule has 5 nitrogen and oxygen atoms in total. The maximum absolute atomic E-state index is 10.0. The van der Waals surface area contributed by atoms with Gasteiger partial charge in [-0.3, -0.25) is 0 Å². The Morgan fingerprint density at radius 3 is 2.30 bits per heavy atom. The molecule has 2 aliphatic carbocycles. The Morgan fingerprint density at radius 1 is 0.900 bits per heavy atom. The van der Waals surface area contributed by atoms with Crippen molar-refractivity contribution in [1.29, 1.82) is 0 Å². The molecule has 0 aromatic heterocycles. The number of aliphatic hydroxyl groups is 3. The van der Waals surface area contributed by atoms with E-state index in [4.69, 9.17) is 9.47 Å². The van der Waals surface area contributed by atoms with Crippen LogP contribution >= 0.6 is 0 Å². The third-order valence-corrected chi connectivity index (χ3v) is 5.10. The maximum Gasteiger partial charge on any atom is 0.186 e. The second-order valence-corrected chi connectivity index (χ2v) is 6.64. The molecule has 0 spiro atoms. The normalized spacial score (nSPS) is 50.1. The Bertz CT molecular complexity index is 332. The van der Waals surface area contributed by atoms with Gasteiger partial charge in [0.15, 0.2) is 6.29 Å². The molecule has 1 saturated heterocycles. The number of ether oxygens (including phenoxy) is 2. The minimum absolute atomic E-state index is 0.116. The molecule has 3 fully saturated rings. The zero-order valence-corrected chi connectivity index (χ0v) is 12.0. The Labute approximate surface area is 119 Å². The van der Waals surface area contributed by atoms with Crippen molar-refractivity contribution in [3.05, 3.63) is 0 Å². The second kappa shape index (κ2) is 5.89. The van der Waals surface area contributed by atoms with Gasteiger partial charge in [-0.25, -0.2) is 0 Å². The molecule has 116 valence electrons. The zero-order chi connectivity index (χ0) is 14.3. The first-order valence-electron chi connectivity index (χ1n) is 7.93. The van der Waals surface area contributed by atoms with Gasteiger partial charge in [0.25, 0.3) is 0 Å². The number of hydrogen-bond donors (Lipinski definition) is 3. The molecule has 0 aromatic rings. The van der Waals surface area contributed by atoms with Crippen molar-refractivity contribution in [2.45, 2.75) is 82.3 Å². The van der Waals surface area contributed by atoms with Crippen molar-refractivity contribution in [3.63, 3.8) is 0 Å². The average Bonchev–Trinajstić information content (AvgIpc) is 3.27. The van der Waals surface area contributed by atoms with Crippen molar-refractivity contribution in [3.8, 4) is 0 Å². The van der Waals surface area contributed by atoms with E-state index in [-0.39, 0.29) is 6.10 Å². The first-order chi connectivity index (χ1) is 9.58. The summed E-state index contributed by atoms with van der Waals surface area (Å²) in [6.45, 7) is 1.69. The minimum Gasteiger partial charge on any atom is -0.388 e. The molecular formula is C15H26O5. The van der Waals surface area contributed by atoms with Crippen molar-refractivity contribution in [2.24, 2.45) is 11.8 Å². The van der Waals surface area contributed by atoms with Gasteiger partial charge >= 0.3 is 0 Å².